The number of rotatable bonds is 15. The second kappa shape index (κ2) is 15.3. The van der Waals surface area contributed by atoms with Crippen LogP contribution in [0.4, 0.5) is 5.69 Å². The molecule has 0 bridgehead atoms. The SMILES string of the molecule is CCCNC(=O)C(C)N(Cc1ccc(C)cc1)C(=O)CN(c1cc(OC)ccc1OC)S(=O)(=O)c1ccc(OC)c(OC)c1. The molecule has 0 aromatic heterocycles. The van der Waals surface area contributed by atoms with Crippen molar-refractivity contribution in [1.82, 2.24) is 10.2 Å². The van der Waals surface area contributed by atoms with Crippen LogP contribution in [0, 0.1) is 6.92 Å². The number of anilines is 1. The number of aryl methyl sites for hydroxylation is 1. The van der Waals surface area contributed by atoms with Crippen LogP contribution in [0.5, 0.6) is 23.0 Å². The van der Waals surface area contributed by atoms with Crippen molar-refractivity contribution in [2.75, 3.05) is 45.8 Å². The normalized spacial score (nSPS) is 11.7. The fraction of sp³-hybridized carbons (Fsp3) is 0.375. The summed E-state index contributed by atoms with van der Waals surface area (Å²) in [4.78, 5) is 28.5. The van der Waals surface area contributed by atoms with Crippen LogP contribution in [-0.4, -0.2) is 72.7 Å². The minimum Gasteiger partial charge on any atom is -0.497 e. The largest absolute Gasteiger partial charge is 0.497 e. The van der Waals surface area contributed by atoms with E-state index < -0.39 is 28.5 Å². The van der Waals surface area contributed by atoms with Crippen LogP contribution in [-0.2, 0) is 26.2 Å². The van der Waals surface area contributed by atoms with E-state index in [1.54, 1.807) is 19.1 Å². The molecule has 0 heterocycles. The average Bonchev–Trinajstić information content (AvgIpc) is 3.04. The summed E-state index contributed by atoms with van der Waals surface area (Å²) in [5.41, 5.74) is 1.90. The Morgan fingerprint density at radius 2 is 1.48 bits per heavy atom. The Hall–Kier alpha value is -4.45. The van der Waals surface area contributed by atoms with E-state index in [0.717, 1.165) is 21.9 Å². The Labute approximate surface area is 259 Å². The second-order valence-corrected chi connectivity index (χ2v) is 11.9. The molecule has 238 valence electrons. The maximum absolute atomic E-state index is 14.4. The van der Waals surface area contributed by atoms with Crippen molar-refractivity contribution in [3.8, 4) is 23.0 Å². The van der Waals surface area contributed by atoms with Gasteiger partial charge in [-0.3, -0.25) is 13.9 Å². The third-order valence-electron chi connectivity index (χ3n) is 7.07. The van der Waals surface area contributed by atoms with E-state index in [0.29, 0.717) is 18.0 Å². The molecule has 1 atom stereocenters. The van der Waals surface area contributed by atoms with Crippen LogP contribution in [0.15, 0.2) is 65.6 Å². The van der Waals surface area contributed by atoms with Gasteiger partial charge in [0, 0.05) is 25.2 Å². The fourth-order valence-electron chi connectivity index (χ4n) is 4.48. The van der Waals surface area contributed by atoms with E-state index in [-0.39, 0.29) is 34.5 Å². The summed E-state index contributed by atoms with van der Waals surface area (Å²) in [6.07, 6.45) is 0.720. The van der Waals surface area contributed by atoms with Crippen LogP contribution in [0.1, 0.15) is 31.4 Å². The van der Waals surface area contributed by atoms with Crippen molar-refractivity contribution in [2.24, 2.45) is 0 Å². The highest BCUT2D eigenvalue weighted by Gasteiger charge is 2.34. The lowest BCUT2D eigenvalue weighted by molar-refractivity contribution is -0.139. The Morgan fingerprint density at radius 3 is 2.07 bits per heavy atom. The van der Waals surface area contributed by atoms with Gasteiger partial charge in [0.05, 0.1) is 39.0 Å². The van der Waals surface area contributed by atoms with Gasteiger partial charge in [0.15, 0.2) is 11.5 Å². The number of ether oxygens (including phenoxy) is 4. The Bertz CT molecular complexity index is 1540. The summed E-state index contributed by atoms with van der Waals surface area (Å²) in [7, 11) is 1.27. The minimum atomic E-state index is -4.42. The Balaban J connectivity index is 2.15. The first-order valence-electron chi connectivity index (χ1n) is 14.1. The number of methoxy groups -OCH3 is 4. The molecule has 0 saturated heterocycles. The van der Waals surface area contributed by atoms with Gasteiger partial charge in [0.2, 0.25) is 11.8 Å². The van der Waals surface area contributed by atoms with Gasteiger partial charge < -0.3 is 29.2 Å². The number of benzene rings is 3. The topological polar surface area (TPSA) is 124 Å². The zero-order valence-corrected chi connectivity index (χ0v) is 27.1. The molecule has 1 N–H and O–H groups in total. The summed E-state index contributed by atoms with van der Waals surface area (Å²) in [6.45, 7) is 5.38. The molecule has 2 amide bonds. The summed E-state index contributed by atoms with van der Waals surface area (Å²) in [5.74, 6) is 0.133. The zero-order chi connectivity index (χ0) is 32.4. The van der Waals surface area contributed by atoms with Crippen LogP contribution >= 0.6 is 0 Å². The van der Waals surface area contributed by atoms with Crippen LogP contribution in [0.2, 0.25) is 0 Å². The van der Waals surface area contributed by atoms with Gasteiger partial charge in [-0.2, -0.15) is 0 Å². The van der Waals surface area contributed by atoms with Crippen molar-refractivity contribution < 1.29 is 37.0 Å². The Morgan fingerprint density at radius 1 is 0.841 bits per heavy atom. The fourth-order valence-corrected chi connectivity index (χ4v) is 5.91. The number of hydrogen-bond acceptors (Lipinski definition) is 8. The van der Waals surface area contributed by atoms with Crippen molar-refractivity contribution >= 4 is 27.5 Å². The van der Waals surface area contributed by atoms with Crippen LogP contribution in [0.25, 0.3) is 0 Å². The van der Waals surface area contributed by atoms with Crippen LogP contribution < -0.4 is 28.6 Å². The van der Waals surface area contributed by atoms with E-state index in [1.807, 2.05) is 38.1 Å². The number of nitrogens with zero attached hydrogens (tertiary/aromatic N) is 2. The summed E-state index contributed by atoms with van der Waals surface area (Å²) < 4.78 is 51.2. The van der Waals surface area contributed by atoms with Crippen molar-refractivity contribution in [3.63, 3.8) is 0 Å². The first-order chi connectivity index (χ1) is 21.0. The number of carbonyl (C=O) groups excluding carboxylic acids is 2. The first-order valence-corrected chi connectivity index (χ1v) is 15.5. The summed E-state index contributed by atoms with van der Waals surface area (Å²) in [6, 6.07) is 15.5. The van der Waals surface area contributed by atoms with Crippen molar-refractivity contribution in [3.05, 3.63) is 71.8 Å². The van der Waals surface area contributed by atoms with Crippen molar-refractivity contribution in [2.45, 2.75) is 44.7 Å². The van der Waals surface area contributed by atoms with E-state index in [2.05, 4.69) is 5.32 Å². The molecule has 0 fully saturated rings. The molecule has 12 heteroatoms. The van der Waals surface area contributed by atoms with Gasteiger partial charge in [-0.05, 0) is 50.1 Å². The first kappa shape index (κ1) is 34.0. The predicted octanol–water partition coefficient (Wildman–Crippen LogP) is 4.17. The quantitative estimate of drug-likeness (QED) is 0.266. The van der Waals surface area contributed by atoms with Gasteiger partial charge in [-0.1, -0.05) is 36.8 Å². The molecule has 44 heavy (non-hydrogen) atoms. The summed E-state index contributed by atoms with van der Waals surface area (Å²) >= 11 is 0. The molecule has 0 saturated carbocycles. The zero-order valence-electron chi connectivity index (χ0n) is 26.2. The average molecular weight is 628 g/mol. The van der Waals surface area contributed by atoms with E-state index in [9.17, 15) is 18.0 Å². The molecule has 0 radical (unpaired) electrons. The third kappa shape index (κ3) is 7.93. The second-order valence-electron chi connectivity index (χ2n) is 10.0. The van der Waals surface area contributed by atoms with Gasteiger partial charge in [-0.25, -0.2) is 8.42 Å². The number of carbonyl (C=O) groups is 2. The standard InChI is InChI=1S/C32H41N3O8S/c1-8-17-33-32(37)23(3)34(20-24-11-9-22(2)10-12-24)31(36)21-35(27-18-25(40-4)13-15-28(27)41-5)44(38,39)26-14-16-29(42-6)30(19-26)43-7/h9-16,18-19,23H,8,17,20-21H2,1-7H3,(H,33,37). The van der Waals surface area contributed by atoms with Gasteiger partial charge >= 0.3 is 0 Å². The molecule has 0 aliphatic rings. The lowest BCUT2D eigenvalue weighted by atomic mass is 10.1. The molecule has 3 aromatic rings. The number of amides is 2. The molecule has 3 rings (SSSR count). The lowest BCUT2D eigenvalue weighted by Gasteiger charge is -2.32. The van der Waals surface area contributed by atoms with Gasteiger partial charge in [-0.15, -0.1) is 0 Å². The maximum atomic E-state index is 14.4. The molecule has 0 aliphatic carbocycles. The van der Waals surface area contributed by atoms with E-state index in [1.165, 1.54) is 57.6 Å². The third-order valence-corrected chi connectivity index (χ3v) is 8.82. The molecule has 0 spiro atoms. The van der Waals surface area contributed by atoms with Crippen LogP contribution in [0.3, 0.4) is 0 Å². The summed E-state index contributed by atoms with van der Waals surface area (Å²) in [5, 5.41) is 2.83. The minimum absolute atomic E-state index is 0.0772. The monoisotopic (exact) mass is 627 g/mol. The molecule has 0 aliphatic heterocycles. The molecule has 11 nitrogen and oxygen atoms in total. The Kier molecular flexibility index (Phi) is 11.9. The van der Waals surface area contributed by atoms with E-state index in [4.69, 9.17) is 18.9 Å². The number of sulfonamides is 1. The predicted molar refractivity (Wildman–Crippen MR) is 168 cm³/mol. The molecule has 1 unspecified atom stereocenters. The van der Waals surface area contributed by atoms with Gasteiger partial charge in [0.25, 0.3) is 10.0 Å². The van der Waals surface area contributed by atoms with E-state index >= 15 is 0 Å². The molecule has 3 aromatic carbocycles. The molecular weight excluding hydrogens is 586 g/mol. The lowest BCUT2D eigenvalue weighted by Crippen LogP contribution is -2.51. The highest BCUT2D eigenvalue weighted by atomic mass is 32.2. The number of nitrogens with one attached hydrogen (secondary N) is 1. The molecular formula is C32H41N3O8S. The highest BCUT2D eigenvalue weighted by Crippen LogP contribution is 2.37. The smallest absolute Gasteiger partial charge is 0.265 e. The van der Waals surface area contributed by atoms with Gasteiger partial charge in [0.1, 0.15) is 24.1 Å². The number of hydrogen-bond donors (Lipinski definition) is 1. The highest BCUT2D eigenvalue weighted by molar-refractivity contribution is 7.92. The van der Waals surface area contributed by atoms with Crippen molar-refractivity contribution in [1.29, 1.82) is 0 Å². The maximum Gasteiger partial charge on any atom is 0.265 e.